The number of hydrogen-bond donors (Lipinski definition) is 1. The van der Waals surface area contributed by atoms with Crippen molar-refractivity contribution in [3.8, 4) is 0 Å². The van der Waals surface area contributed by atoms with Crippen LogP contribution in [-0.2, 0) is 32.9 Å². The number of nitrogens with one attached hydrogen (secondary N) is 1. The SMILES string of the molecule is CN(Cc1ccccc1)C(=O)c1nn(C)c2c1CC(NCCc1ccccn1)CC2. The number of aryl methyl sites for hydroxylation is 1. The number of fused-ring (bicyclic) bond motifs is 1. The van der Waals surface area contributed by atoms with Crippen LogP contribution in [0.5, 0.6) is 0 Å². The Morgan fingerprint density at radius 2 is 2.00 bits per heavy atom. The van der Waals surface area contributed by atoms with E-state index in [-0.39, 0.29) is 5.91 Å². The Hall–Kier alpha value is -2.99. The second-order valence-electron chi connectivity index (χ2n) is 8.01. The summed E-state index contributed by atoms with van der Waals surface area (Å²) >= 11 is 0. The van der Waals surface area contributed by atoms with E-state index in [0.717, 1.165) is 49.0 Å². The lowest BCUT2D eigenvalue weighted by Crippen LogP contribution is -2.37. The minimum absolute atomic E-state index is 0.00941. The molecule has 1 amide bonds. The molecule has 1 N–H and O–H groups in total. The van der Waals surface area contributed by atoms with Crippen LogP contribution < -0.4 is 5.32 Å². The molecule has 2 aromatic heterocycles. The van der Waals surface area contributed by atoms with Crippen LogP contribution in [0.4, 0.5) is 0 Å². The third kappa shape index (κ3) is 4.60. The van der Waals surface area contributed by atoms with E-state index in [9.17, 15) is 4.79 Å². The molecule has 0 radical (unpaired) electrons. The van der Waals surface area contributed by atoms with E-state index in [1.165, 1.54) is 5.69 Å². The Morgan fingerprint density at radius 3 is 2.77 bits per heavy atom. The highest BCUT2D eigenvalue weighted by molar-refractivity contribution is 5.94. The normalized spacial score (nSPS) is 15.6. The molecule has 0 saturated carbocycles. The lowest BCUT2D eigenvalue weighted by Gasteiger charge is -2.25. The summed E-state index contributed by atoms with van der Waals surface area (Å²) in [4.78, 5) is 19.3. The van der Waals surface area contributed by atoms with Gasteiger partial charge in [0.05, 0.1) is 0 Å². The highest BCUT2D eigenvalue weighted by Crippen LogP contribution is 2.25. The van der Waals surface area contributed by atoms with Gasteiger partial charge in [-0.1, -0.05) is 36.4 Å². The first kappa shape index (κ1) is 20.3. The van der Waals surface area contributed by atoms with Crippen molar-refractivity contribution in [2.24, 2.45) is 7.05 Å². The molecule has 0 bridgehead atoms. The first-order valence-corrected chi connectivity index (χ1v) is 10.6. The summed E-state index contributed by atoms with van der Waals surface area (Å²) in [6.45, 7) is 1.46. The number of hydrogen-bond acceptors (Lipinski definition) is 4. The molecule has 1 aliphatic rings. The first-order chi connectivity index (χ1) is 14.6. The third-order valence-electron chi connectivity index (χ3n) is 5.81. The number of rotatable bonds is 7. The van der Waals surface area contributed by atoms with Crippen LogP contribution in [0.1, 0.15) is 39.4 Å². The predicted molar refractivity (Wildman–Crippen MR) is 117 cm³/mol. The predicted octanol–water partition coefficient (Wildman–Crippen LogP) is 2.78. The third-order valence-corrected chi connectivity index (χ3v) is 5.81. The zero-order valence-electron chi connectivity index (χ0n) is 17.7. The van der Waals surface area contributed by atoms with Crippen molar-refractivity contribution in [1.82, 2.24) is 25.0 Å². The van der Waals surface area contributed by atoms with Crippen molar-refractivity contribution >= 4 is 5.91 Å². The minimum atomic E-state index is -0.00941. The number of carbonyl (C=O) groups is 1. The van der Waals surface area contributed by atoms with Gasteiger partial charge < -0.3 is 10.2 Å². The van der Waals surface area contributed by atoms with Gasteiger partial charge in [-0.05, 0) is 37.0 Å². The fourth-order valence-electron chi connectivity index (χ4n) is 4.20. The molecular formula is C24H29N5O. The number of benzene rings is 1. The van der Waals surface area contributed by atoms with Crippen LogP contribution in [0.15, 0.2) is 54.7 Å². The number of pyridine rings is 1. The van der Waals surface area contributed by atoms with Crippen molar-refractivity contribution in [3.63, 3.8) is 0 Å². The van der Waals surface area contributed by atoms with Gasteiger partial charge in [0.25, 0.3) is 5.91 Å². The Balaban J connectivity index is 1.41. The van der Waals surface area contributed by atoms with Crippen LogP contribution in [0, 0.1) is 0 Å². The van der Waals surface area contributed by atoms with E-state index in [1.54, 1.807) is 4.90 Å². The van der Waals surface area contributed by atoms with E-state index in [1.807, 2.05) is 67.4 Å². The minimum Gasteiger partial charge on any atom is -0.336 e. The monoisotopic (exact) mass is 403 g/mol. The quantitative estimate of drug-likeness (QED) is 0.659. The summed E-state index contributed by atoms with van der Waals surface area (Å²) in [6, 6.07) is 16.4. The summed E-state index contributed by atoms with van der Waals surface area (Å²) in [6.07, 6.45) is 5.58. The molecule has 0 fully saturated rings. The molecule has 1 atom stereocenters. The Kier molecular flexibility index (Phi) is 6.23. The second-order valence-corrected chi connectivity index (χ2v) is 8.01. The molecule has 1 aromatic carbocycles. The zero-order valence-corrected chi connectivity index (χ0v) is 17.7. The molecular weight excluding hydrogens is 374 g/mol. The number of aromatic nitrogens is 3. The molecule has 4 rings (SSSR count). The van der Waals surface area contributed by atoms with Gasteiger partial charge in [-0.15, -0.1) is 0 Å². The van der Waals surface area contributed by atoms with Gasteiger partial charge in [-0.2, -0.15) is 5.10 Å². The van der Waals surface area contributed by atoms with Crippen LogP contribution in [-0.4, -0.2) is 45.2 Å². The van der Waals surface area contributed by atoms with Crippen LogP contribution in [0.3, 0.4) is 0 Å². The summed E-state index contributed by atoms with van der Waals surface area (Å²) in [5.74, 6) is -0.00941. The van der Waals surface area contributed by atoms with Crippen LogP contribution in [0.2, 0.25) is 0 Å². The molecule has 30 heavy (non-hydrogen) atoms. The van der Waals surface area contributed by atoms with E-state index < -0.39 is 0 Å². The fraction of sp³-hybridized carbons (Fsp3) is 0.375. The van der Waals surface area contributed by atoms with Gasteiger partial charge >= 0.3 is 0 Å². The van der Waals surface area contributed by atoms with Gasteiger partial charge in [0.15, 0.2) is 5.69 Å². The Labute approximate surface area is 177 Å². The molecule has 3 aromatic rings. The molecule has 156 valence electrons. The smallest absolute Gasteiger partial charge is 0.274 e. The molecule has 6 heteroatoms. The number of nitrogens with zero attached hydrogens (tertiary/aromatic N) is 4. The maximum absolute atomic E-state index is 13.2. The second kappa shape index (κ2) is 9.22. The molecule has 0 aliphatic heterocycles. The van der Waals surface area contributed by atoms with Gasteiger partial charge in [-0.25, -0.2) is 0 Å². The maximum atomic E-state index is 13.2. The summed E-state index contributed by atoms with van der Waals surface area (Å²) in [5, 5.41) is 8.26. The molecule has 2 heterocycles. The lowest BCUT2D eigenvalue weighted by atomic mass is 9.91. The Morgan fingerprint density at radius 1 is 1.20 bits per heavy atom. The van der Waals surface area contributed by atoms with Crippen LogP contribution in [0.25, 0.3) is 0 Å². The van der Waals surface area contributed by atoms with Gasteiger partial charge in [0, 0.05) is 62.8 Å². The van der Waals surface area contributed by atoms with Crippen LogP contribution >= 0.6 is 0 Å². The standard InChI is InChI=1S/C24H29N5O/c1-28(17-18-8-4-3-5-9-18)24(30)23-21-16-20(11-12-22(21)29(2)27-23)26-15-13-19-10-6-7-14-25-19/h3-10,14,20,26H,11-13,15-17H2,1-2H3. The average molecular weight is 404 g/mol. The molecule has 0 saturated heterocycles. The highest BCUT2D eigenvalue weighted by Gasteiger charge is 2.29. The topological polar surface area (TPSA) is 63.1 Å². The van der Waals surface area contributed by atoms with E-state index in [4.69, 9.17) is 0 Å². The summed E-state index contributed by atoms with van der Waals surface area (Å²) in [7, 11) is 3.80. The largest absolute Gasteiger partial charge is 0.336 e. The Bertz CT molecular complexity index is 984. The van der Waals surface area contributed by atoms with E-state index in [2.05, 4.69) is 21.5 Å². The molecule has 0 spiro atoms. The first-order valence-electron chi connectivity index (χ1n) is 10.6. The average Bonchev–Trinajstić information content (AvgIpc) is 3.10. The van der Waals surface area contributed by atoms with Gasteiger partial charge in [0.1, 0.15) is 0 Å². The van der Waals surface area contributed by atoms with E-state index in [0.29, 0.717) is 18.3 Å². The van der Waals surface area contributed by atoms with Gasteiger partial charge in [0.2, 0.25) is 0 Å². The number of amides is 1. The molecule has 1 aliphatic carbocycles. The van der Waals surface area contributed by atoms with Gasteiger partial charge in [-0.3, -0.25) is 14.5 Å². The maximum Gasteiger partial charge on any atom is 0.274 e. The van der Waals surface area contributed by atoms with Crippen molar-refractivity contribution in [3.05, 3.63) is 82.9 Å². The van der Waals surface area contributed by atoms with Crippen molar-refractivity contribution < 1.29 is 4.79 Å². The summed E-state index contributed by atoms with van der Waals surface area (Å²) < 4.78 is 1.89. The number of carbonyl (C=O) groups excluding carboxylic acids is 1. The molecule has 1 unspecified atom stereocenters. The van der Waals surface area contributed by atoms with Crippen molar-refractivity contribution in [2.45, 2.75) is 38.3 Å². The highest BCUT2D eigenvalue weighted by atomic mass is 16.2. The van der Waals surface area contributed by atoms with E-state index >= 15 is 0 Å². The fourth-order valence-corrected chi connectivity index (χ4v) is 4.20. The summed E-state index contributed by atoms with van der Waals surface area (Å²) in [5.41, 5.74) is 5.11. The lowest BCUT2D eigenvalue weighted by molar-refractivity contribution is 0.0777. The van der Waals surface area contributed by atoms with Crippen molar-refractivity contribution in [2.75, 3.05) is 13.6 Å². The zero-order chi connectivity index (χ0) is 20.9. The molecule has 6 nitrogen and oxygen atoms in total. The van der Waals surface area contributed by atoms with Crippen molar-refractivity contribution in [1.29, 1.82) is 0 Å².